The Kier molecular flexibility index (Phi) is 3.33. The van der Waals surface area contributed by atoms with Crippen LogP contribution in [0.15, 0.2) is 10.7 Å². The van der Waals surface area contributed by atoms with Crippen molar-refractivity contribution < 1.29 is 8.78 Å². The molecule has 2 nitrogen and oxygen atoms in total. The molecule has 0 bridgehead atoms. The molecule has 0 atom stereocenters. The third-order valence-electron chi connectivity index (χ3n) is 1.77. The van der Waals surface area contributed by atoms with Gasteiger partial charge in [0.15, 0.2) is 0 Å². The molecule has 0 aromatic carbocycles. The highest BCUT2D eigenvalue weighted by Crippen LogP contribution is 2.28. The number of rotatable bonds is 2. The molecule has 1 aromatic heterocycles. The predicted octanol–water partition coefficient (Wildman–Crippen LogP) is 2.55. The van der Waals surface area contributed by atoms with E-state index < -0.39 is 6.43 Å². The Morgan fingerprint density at radius 2 is 2.23 bits per heavy atom. The fourth-order valence-corrected chi connectivity index (χ4v) is 1.53. The van der Waals surface area contributed by atoms with Gasteiger partial charge in [0.25, 0.3) is 6.43 Å². The summed E-state index contributed by atoms with van der Waals surface area (Å²) >= 11 is 3.18. The van der Waals surface area contributed by atoms with Crippen LogP contribution in [0.1, 0.15) is 23.2 Å². The van der Waals surface area contributed by atoms with Crippen LogP contribution < -0.4 is 5.73 Å². The van der Waals surface area contributed by atoms with Gasteiger partial charge in [-0.05, 0) is 28.4 Å². The standard InChI is InChI=1S/C8H9BrF2N2/c1-4-7(9)5(2-12)6(3-13-4)8(10)11/h3,8H,2,12H2,1H3. The fourth-order valence-electron chi connectivity index (χ4n) is 1.04. The second-order valence-electron chi connectivity index (χ2n) is 2.60. The zero-order chi connectivity index (χ0) is 10.0. The van der Waals surface area contributed by atoms with E-state index in [0.717, 1.165) is 0 Å². The van der Waals surface area contributed by atoms with E-state index in [0.29, 0.717) is 15.7 Å². The first-order valence-electron chi connectivity index (χ1n) is 3.70. The third kappa shape index (κ3) is 2.03. The van der Waals surface area contributed by atoms with Crippen molar-refractivity contribution in [1.29, 1.82) is 0 Å². The van der Waals surface area contributed by atoms with E-state index in [4.69, 9.17) is 5.73 Å². The van der Waals surface area contributed by atoms with Gasteiger partial charge in [0.1, 0.15) is 0 Å². The van der Waals surface area contributed by atoms with Crippen molar-refractivity contribution >= 4 is 15.9 Å². The molecule has 0 spiro atoms. The number of halogens is 3. The van der Waals surface area contributed by atoms with Gasteiger partial charge in [0.2, 0.25) is 0 Å². The Bertz CT molecular complexity index is 315. The summed E-state index contributed by atoms with van der Waals surface area (Å²) in [7, 11) is 0. The number of hydrogen-bond donors (Lipinski definition) is 1. The van der Waals surface area contributed by atoms with Crippen molar-refractivity contribution in [2.75, 3.05) is 0 Å². The highest BCUT2D eigenvalue weighted by Gasteiger charge is 2.16. The second-order valence-corrected chi connectivity index (χ2v) is 3.39. The van der Waals surface area contributed by atoms with Gasteiger partial charge in [-0.15, -0.1) is 0 Å². The number of aromatic nitrogens is 1. The highest BCUT2D eigenvalue weighted by atomic mass is 79.9. The van der Waals surface area contributed by atoms with Crippen LogP contribution >= 0.6 is 15.9 Å². The summed E-state index contributed by atoms with van der Waals surface area (Å²) in [6, 6.07) is 0. The lowest BCUT2D eigenvalue weighted by Crippen LogP contribution is -2.05. The van der Waals surface area contributed by atoms with Gasteiger partial charge in [-0.3, -0.25) is 4.98 Å². The van der Waals surface area contributed by atoms with Crippen molar-refractivity contribution in [1.82, 2.24) is 4.98 Å². The van der Waals surface area contributed by atoms with Crippen LogP contribution in [0.2, 0.25) is 0 Å². The first-order valence-corrected chi connectivity index (χ1v) is 4.49. The van der Waals surface area contributed by atoms with Crippen LogP contribution in [0.25, 0.3) is 0 Å². The lowest BCUT2D eigenvalue weighted by molar-refractivity contribution is 0.149. The molecular formula is C8H9BrF2N2. The Labute approximate surface area is 83.3 Å². The highest BCUT2D eigenvalue weighted by molar-refractivity contribution is 9.10. The number of alkyl halides is 2. The molecule has 0 saturated carbocycles. The van der Waals surface area contributed by atoms with Crippen LogP contribution in [0.5, 0.6) is 0 Å². The van der Waals surface area contributed by atoms with Crippen LogP contribution in [-0.2, 0) is 6.54 Å². The van der Waals surface area contributed by atoms with Gasteiger partial charge >= 0.3 is 0 Å². The van der Waals surface area contributed by atoms with E-state index in [1.54, 1.807) is 6.92 Å². The molecule has 0 unspecified atom stereocenters. The molecule has 5 heteroatoms. The first kappa shape index (κ1) is 10.5. The Morgan fingerprint density at radius 3 is 2.69 bits per heavy atom. The number of nitrogens with two attached hydrogens (primary N) is 1. The Balaban J connectivity index is 3.30. The van der Waals surface area contributed by atoms with Crippen LogP contribution in [0, 0.1) is 6.92 Å². The zero-order valence-electron chi connectivity index (χ0n) is 7.02. The molecule has 0 fully saturated rings. The normalized spacial score (nSPS) is 10.9. The zero-order valence-corrected chi connectivity index (χ0v) is 8.61. The van der Waals surface area contributed by atoms with E-state index in [-0.39, 0.29) is 12.1 Å². The molecule has 13 heavy (non-hydrogen) atoms. The van der Waals surface area contributed by atoms with Crippen molar-refractivity contribution in [3.05, 3.63) is 27.5 Å². The molecule has 1 heterocycles. The number of aryl methyl sites for hydroxylation is 1. The molecule has 0 radical (unpaired) electrons. The number of hydrogen-bond acceptors (Lipinski definition) is 2. The SMILES string of the molecule is Cc1ncc(C(F)F)c(CN)c1Br. The summed E-state index contributed by atoms with van der Waals surface area (Å²) in [4.78, 5) is 3.83. The summed E-state index contributed by atoms with van der Waals surface area (Å²) in [5.41, 5.74) is 6.37. The molecule has 0 aliphatic heterocycles. The van der Waals surface area contributed by atoms with Crippen molar-refractivity contribution in [2.24, 2.45) is 5.73 Å². The average Bonchev–Trinajstić information content (AvgIpc) is 2.09. The smallest absolute Gasteiger partial charge is 0.265 e. The van der Waals surface area contributed by atoms with E-state index in [1.165, 1.54) is 6.20 Å². The van der Waals surface area contributed by atoms with Gasteiger partial charge in [0.05, 0.1) is 5.69 Å². The summed E-state index contributed by atoms with van der Waals surface area (Å²) in [5, 5.41) is 0. The van der Waals surface area contributed by atoms with Gasteiger partial charge in [-0.25, -0.2) is 8.78 Å². The van der Waals surface area contributed by atoms with Crippen molar-refractivity contribution in [3.8, 4) is 0 Å². The Hall–Kier alpha value is -0.550. The minimum atomic E-state index is -2.53. The minimum absolute atomic E-state index is 0.0869. The maximum Gasteiger partial charge on any atom is 0.265 e. The van der Waals surface area contributed by atoms with Gasteiger partial charge < -0.3 is 5.73 Å². The molecule has 72 valence electrons. The predicted molar refractivity (Wildman–Crippen MR) is 49.5 cm³/mol. The molecule has 1 rings (SSSR count). The fraction of sp³-hybridized carbons (Fsp3) is 0.375. The largest absolute Gasteiger partial charge is 0.326 e. The summed E-state index contributed by atoms with van der Waals surface area (Å²) in [6.45, 7) is 1.82. The van der Waals surface area contributed by atoms with Gasteiger partial charge in [0, 0.05) is 22.8 Å². The van der Waals surface area contributed by atoms with Crippen LogP contribution in [0.3, 0.4) is 0 Å². The maximum atomic E-state index is 12.4. The minimum Gasteiger partial charge on any atom is -0.326 e. The first-order chi connectivity index (χ1) is 6.07. The van der Waals surface area contributed by atoms with Gasteiger partial charge in [-0.2, -0.15) is 0 Å². The Morgan fingerprint density at radius 1 is 1.62 bits per heavy atom. The molecule has 2 N–H and O–H groups in total. The van der Waals surface area contributed by atoms with Crippen molar-refractivity contribution in [2.45, 2.75) is 19.9 Å². The molecule has 0 aliphatic rings. The number of nitrogens with zero attached hydrogens (tertiary/aromatic N) is 1. The van der Waals surface area contributed by atoms with E-state index >= 15 is 0 Å². The number of pyridine rings is 1. The molecule has 1 aromatic rings. The molecule has 0 amide bonds. The molecule has 0 saturated heterocycles. The monoisotopic (exact) mass is 250 g/mol. The average molecular weight is 251 g/mol. The van der Waals surface area contributed by atoms with E-state index in [9.17, 15) is 8.78 Å². The van der Waals surface area contributed by atoms with E-state index in [2.05, 4.69) is 20.9 Å². The van der Waals surface area contributed by atoms with Crippen molar-refractivity contribution in [3.63, 3.8) is 0 Å². The van der Waals surface area contributed by atoms with Crippen LogP contribution in [0.4, 0.5) is 8.78 Å². The summed E-state index contributed by atoms with van der Waals surface area (Å²) < 4.78 is 25.4. The second kappa shape index (κ2) is 4.11. The topological polar surface area (TPSA) is 38.9 Å². The molecule has 0 aliphatic carbocycles. The van der Waals surface area contributed by atoms with E-state index in [1.807, 2.05) is 0 Å². The van der Waals surface area contributed by atoms with Crippen LogP contribution in [-0.4, -0.2) is 4.98 Å². The third-order valence-corrected chi connectivity index (χ3v) is 2.82. The maximum absolute atomic E-state index is 12.4. The lowest BCUT2D eigenvalue weighted by atomic mass is 10.1. The summed E-state index contributed by atoms with van der Waals surface area (Å²) in [6.07, 6.45) is -1.35. The molecular weight excluding hydrogens is 242 g/mol. The summed E-state index contributed by atoms with van der Waals surface area (Å²) in [5.74, 6) is 0. The van der Waals surface area contributed by atoms with Gasteiger partial charge in [-0.1, -0.05) is 0 Å². The quantitative estimate of drug-likeness (QED) is 0.877. The lowest BCUT2D eigenvalue weighted by Gasteiger charge is -2.09.